The molecule has 164 valence electrons. The number of rotatable bonds is 7. The molecule has 4 rings (SSSR count). The highest BCUT2D eigenvalue weighted by atomic mass is 16.5. The quantitative estimate of drug-likeness (QED) is 0.698. The molecule has 2 amide bonds. The third-order valence-electron chi connectivity index (χ3n) is 6.45. The van der Waals surface area contributed by atoms with Gasteiger partial charge in [-0.2, -0.15) is 0 Å². The molecule has 0 spiro atoms. The summed E-state index contributed by atoms with van der Waals surface area (Å²) in [7, 11) is 0. The minimum Gasteiger partial charge on any atom is -0.492 e. The number of hydrogen-bond acceptors (Lipinski definition) is 4. The monoisotopic (exact) mass is 421 g/mol. The van der Waals surface area contributed by atoms with E-state index in [-0.39, 0.29) is 17.9 Å². The van der Waals surface area contributed by atoms with E-state index in [0.717, 1.165) is 31.8 Å². The Kier molecular flexibility index (Phi) is 6.87. The maximum Gasteiger partial charge on any atom is 0.234 e. The van der Waals surface area contributed by atoms with E-state index in [9.17, 15) is 9.59 Å². The van der Waals surface area contributed by atoms with Crippen LogP contribution in [-0.4, -0.2) is 67.0 Å². The lowest BCUT2D eigenvalue weighted by molar-refractivity contribution is -0.131. The molecule has 2 saturated heterocycles. The summed E-state index contributed by atoms with van der Waals surface area (Å²) in [4.78, 5) is 29.0. The molecule has 1 N–H and O–H groups in total. The van der Waals surface area contributed by atoms with E-state index < -0.39 is 0 Å². The van der Waals surface area contributed by atoms with Gasteiger partial charge in [0, 0.05) is 44.4 Å². The number of ether oxygens (including phenoxy) is 1. The zero-order valence-corrected chi connectivity index (χ0v) is 18.1. The average Bonchev–Trinajstić information content (AvgIpc) is 3.17. The number of benzene rings is 2. The van der Waals surface area contributed by atoms with Crippen LogP contribution in [0.2, 0.25) is 0 Å². The zero-order chi connectivity index (χ0) is 21.6. The number of likely N-dealkylation sites (tertiary alicyclic amines) is 2. The smallest absolute Gasteiger partial charge is 0.234 e. The lowest BCUT2D eigenvalue weighted by Crippen LogP contribution is -2.50. The predicted octanol–water partition coefficient (Wildman–Crippen LogP) is 2.52. The molecule has 2 aromatic rings. The molecule has 2 aliphatic rings. The van der Waals surface area contributed by atoms with Crippen LogP contribution in [0.25, 0.3) is 0 Å². The van der Waals surface area contributed by atoms with Crippen LogP contribution in [0.3, 0.4) is 0 Å². The van der Waals surface area contributed by atoms with E-state index in [1.165, 1.54) is 5.56 Å². The number of nitrogens with zero attached hydrogens (tertiary/aromatic N) is 2. The van der Waals surface area contributed by atoms with Crippen molar-refractivity contribution in [3.05, 3.63) is 66.2 Å². The van der Waals surface area contributed by atoms with Crippen molar-refractivity contribution in [2.45, 2.75) is 25.3 Å². The zero-order valence-electron chi connectivity index (χ0n) is 18.1. The third kappa shape index (κ3) is 5.25. The summed E-state index contributed by atoms with van der Waals surface area (Å²) in [6, 6.07) is 20.3. The molecule has 2 heterocycles. The fourth-order valence-corrected chi connectivity index (χ4v) is 5.00. The molecular formula is C25H31N3O3. The van der Waals surface area contributed by atoms with Crippen molar-refractivity contribution < 1.29 is 14.3 Å². The molecule has 0 saturated carbocycles. The first-order valence-corrected chi connectivity index (χ1v) is 11.1. The van der Waals surface area contributed by atoms with E-state index in [1.54, 1.807) is 6.92 Å². The van der Waals surface area contributed by atoms with Gasteiger partial charge in [0.05, 0.1) is 13.1 Å². The fourth-order valence-electron chi connectivity index (χ4n) is 5.00. The molecule has 0 unspecified atom stereocenters. The number of carbonyl (C=O) groups is 2. The van der Waals surface area contributed by atoms with Crippen LogP contribution in [0.1, 0.15) is 24.8 Å². The Bertz CT molecular complexity index is 874. The molecule has 0 bridgehead atoms. The summed E-state index contributed by atoms with van der Waals surface area (Å²) in [6.45, 7) is 5.42. The highest BCUT2D eigenvalue weighted by Crippen LogP contribution is 2.41. The van der Waals surface area contributed by atoms with Gasteiger partial charge in [0.2, 0.25) is 11.8 Å². The molecule has 6 nitrogen and oxygen atoms in total. The number of amides is 2. The van der Waals surface area contributed by atoms with Gasteiger partial charge in [0.15, 0.2) is 0 Å². The normalized spacial score (nSPS) is 23.3. The number of piperidine rings is 1. The first-order valence-electron chi connectivity index (χ1n) is 11.1. The van der Waals surface area contributed by atoms with Gasteiger partial charge in [-0.05, 0) is 24.1 Å². The molecule has 2 aliphatic heterocycles. The number of nitrogens with one attached hydrogen (secondary N) is 1. The second kappa shape index (κ2) is 9.96. The highest BCUT2D eigenvalue weighted by Gasteiger charge is 2.46. The molecule has 3 atom stereocenters. The molecule has 31 heavy (non-hydrogen) atoms. The number of para-hydroxylation sites is 1. The summed E-state index contributed by atoms with van der Waals surface area (Å²) < 4.78 is 5.63. The maximum atomic E-state index is 12.5. The summed E-state index contributed by atoms with van der Waals surface area (Å²) in [5.74, 6) is 1.65. The van der Waals surface area contributed by atoms with Crippen molar-refractivity contribution in [2.24, 2.45) is 5.92 Å². The topological polar surface area (TPSA) is 61.9 Å². The largest absolute Gasteiger partial charge is 0.492 e. The van der Waals surface area contributed by atoms with Crippen molar-refractivity contribution in [3.8, 4) is 5.75 Å². The Morgan fingerprint density at radius 2 is 1.74 bits per heavy atom. The first kappa shape index (κ1) is 21.4. The van der Waals surface area contributed by atoms with Crippen LogP contribution < -0.4 is 10.1 Å². The number of carbonyl (C=O) groups excluding carboxylic acids is 2. The van der Waals surface area contributed by atoms with Crippen LogP contribution in [-0.2, 0) is 9.59 Å². The third-order valence-corrected chi connectivity index (χ3v) is 6.45. The van der Waals surface area contributed by atoms with Crippen molar-refractivity contribution in [2.75, 3.05) is 39.3 Å². The van der Waals surface area contributed by atoms with Gasteiger partial charge in [0.1, 0.15) is 12.4 Å². The van der Waals surface area contributed by atoms with E-state index >= 15 is 0 Å². The summed E-state index contributed by atoms with van der Waals surface area (Å²) in [6.07, 6.45) is 0.915. The van der Waals surface area contributed by atoms with Crippen LogP contribution in [0.4, 0.5) is 0 Å². The lowest BCUT2D eigenvalue weighted by Gasteiger charge is -2.38. The van der Waals surface area contributed by atoms with Crippen molar-refractivity contribution in [3.63, 3.8) is 0 Å². The van der Waals surface area contributed by atoms with Crippen LogP contribution >= 0.6 is 0 Å². The minimum absolute atomic E-state index is 0.0211. The van der Waals surface area contributed by atoms with Gasteiger partial charge in [-0.3, -0.25) is 14.5 Å². The molecule has 2 aromatic carbocycles. The lowest BCUT2D eigenvalue weighted by atomic mass is 9.82. The molecule has 6 heteroatoms. The summed E-state index contributed by atoms with van der Waals surface area (Å²) in [5.41, 5.74) is 1.28. The molecule has 0 aromatic heterocycles. The Balaban J connectivity index is 1.30. The van der Waals surface area contributed by atoms with E-state index in [1.807, 2.05) is 41.3 Å². The van der Waals surface area contributed by atoms with Gasteiger partial charge in [-0.1, -0.05) is 48.5 Å². The van der Waals surface area contributed by atoms with Gasteiger partial charge in [0.25, 0.3) is 0 Å². The molecule has 0 aliphatic carbocycles. The average molecular weight is 422 g/mol. The standard InChI is InChI=1S/C25H31N3O3/c1-19(29)28-17-22(20-8-4-2-5-9-20)23-16-27(14-12-24(23)28)18-25(30)26-13-15-31-21-10-6-3-7-11-21/h2-11,22-24H,12-18H2,1H3,(H,26,30)/t22-,23-,24-/m1/s1. The Morgan fingerprint density at radius 1 is 1.03 bits per heavy atom. The van der Waals surface area contributed by atoms with Gasteiger partial charge in [-0.25, -0.2) is 0 Å². The molecule has 2 fully saturated rings. The van der Waals surface area contributed by atoms with Crippen LogP contribution in [0.15, 0.2) is 60.7 Å². The highest BCUT2D eigenvalue weighted by molar-refractivity contribution is 5.78. The van der Waals surface area contributed by atoms with E-state index in [0.29, 0.717) is 31.5 Å². The van der Waals surface area contributed by atoms with Gasteiger partial charge in [-0.15, -0.1) is 0 Å². The SMILES string of the molecule is CC(=O)N1C[C@H](c2ccccc2)[C@H]2CN(CC(=O)NCCOc3ccccc3)CC[C@H]21. The Labute approximate surface area is 184 Å². The summed E-state index contributed by atoms with van der Waals surface area (Å²) in [5, 5.41) is 2.96. The second-order valence-electron chi connectivity index (χ2n) is 8.46. The van der Waals surface area contributed by atoms with Crippen molar-refractivity contribution >= 4 is 11.8 Å². The summed E-state index contributed by atoms with van der Waals surface area (Å²) >= 11 is 0. The second-order valence-corrected chi connectivity index (χ2v) is 8.46. The number of hydrogen-bond donors (Lipinski definition) is 1. The van der Waals surface area contributed by atoms with Crippen molar-refractivity contribution in [1.82, 2.24) is 15.1 Å². The van der Waals surface area contributed by atoms with Crippen LogP contribution in [0.5, 0.6) is 5.75 Å². The van der Waals surface area contributed by atoms with E-state index in [2.05, 4.69) is 34.5 Å². The van der Waals surface area contributed by atoms with Crippen LogP contribution in [0, 0.1) is 5.92 Å². The predicted molar refractivity (Wildman–Crippen MR) is 120 cm³/mol. The van der Waals surface area contributed by atoms with Crippen molar-refractivity contribution in [1.29, 1.82) is 0 Å². The molecule has 0 radical (unpaired) electrons. The Hall–Kier alpha value is -2.86. The van der Waals surface area contributed by atoms with Gasteiger partial charge < -0.3 is 15.0 Å². The maximum absolute atomic E-state index is 12.5. The first-order chi connectivity index (χ1) is 15.1. The Morgan fingerprint density at radius 3 is 2.45 bits per heavy atom. The molecular weight excluding hydrogens is 390 g/mol. The minimum atomic E-state index is 0.0211. The number of fused-ring (bicyclic) bond motifs is 1. The fraction of sp³-hybridized carbons (Fsp3) is 0.440. The van der Waals surface area contributed by atoms with E-state index in [4.69, 9.17) is 4.74 Å². The van der Waals surface area contributed by atoms with Gasteiger partial charge >= 0.3 is 0 Å².